The third kappa shape index (κ3) is 4.50. The number of benzene rings is 2. The molecule has 1 atom stereocenters. The zero-order valence-electron chi connectivity index (χ0n) is 14.2. The van der Waals surface area contributed by atoms with E-state index in [9.17, 15) is 16.8 Å². The van der Waals surface area contributed by atoms with Crippen LogP contribution in [-0.4, -0.2) is 30.2 Å². The number of halogens is 2. The average Bonchev–Trinajstić information content (AvgIpc) is 2.56. The predicted octanol–water partition coefficient (Wildman–Crippen LogP) is 3.45. The molecule has 0 aromatic heterocycles. The summed E-state index contributed by atoms with van der Waals surface area (Å²) in [5.41, 5.74) is 0.594. The van der Waals surface area contributed by atoms with Crippen LogP contribution in [0.2, 0.25) is 10.0 Å². The van der Waals surface area contributed by atoms with E-state index >= 15 is 0 Å². The van der Waals surface area contributed by atoms with E-state index < -0.39 is 25.9 Å². The lowest BCUT2D eigenvalue weighted by Gasteiger charge is -2.16. The standard InChI is InChI=1S/C16H17Cl2NO5S2/c1-10(11-4-6-12(7-5-11)25(3,20)21)19-26(22,23)14-9-8-13(24-2)15(17)16(14)18/h4-10,19H,1-3H3/t10-/m1/s1. The van der Waals surface area contributed by atoms with Gasteiger partial charge in [0.15, 0.2) is 9.84 Å². The van der Waals surface area contributed by atoms with Crippen molar-refractivity contribution < 1.29 is 21.6 Å². The average molecular weight is 438 g/mol. The van der Waals surface area contributed by atoms with Gasteiger partial charge >= 0.3 is 0 Å². The van der Waals surface area contributed by atoms with Crippen LogP contribution in [0.15, 0.2) is 46.2 Å². The second kappa shape index (κ2) is 7.74. The number of hydrogen-bond donors (Lipinski definition) is 1. The molecule has 0 amide bonds. The molecule has 0 saturated heterocycles. The Morgan fingerprint density at radius 2 is 1.54 bits per heavy atom. The van der Waals surface area contributed by atoms with E-state index in [2.05, 4.69) is 4.72 Å². The molecule has 2 rings (SSSR count). The molecule has 0 spiro atoms. The number of sulfone groups is 1. The second-order valence-corrected chi connectivity index (χ2v) is 10.0. The maximum atomic E-state index is 12.6. The topological polar surface area (TPSA) is 89.5 Å². The molecule has 0 bridgehead atoms. The first-order valence-electron chi connectivity index (χ1n) is 7.31. The summed E-state index contributed by atoms with van der Waals surface area (Å²) in [7, 11) is -5.89. The van der Waals surface area contributed by atoms with Crippen LogP contribution in [0, 0.1) is 0 Å². The largest absolute Gasteiger partial charge is 0.495 e. The SMILES string of the molecule is COc1ccc(S(=O)(=O)N[C@H](C)c2ccc(S(C)(=O)=O)cc2)c(Cl)c1Cl. The Bertz CT molecular complexity index is 1020. The minimum absolute atomic E-state index is 0.00204. The van der Waals surface area contributed by atoms with Gasteiger partial charge in [-0.25, -0.2) is 21.6 Å². The maximum Gasteiger partial charge on any atom is 0.242 e. The number of methoxy groups -OCH3 is 1. The number of nitrogens with one attached hydrogen (secondary N) is 1. The fourth-order valence-electron chi connectivity index (χ4n) is 2.25. The van der Waals surface area contributed by atoms with Gasteiger partial charge < -0.3 is 4.74 Å². The van der Waals surface area contributed by atoms with Gasteiger partial charge in [0.05, 0.1) is 17.0 Å². The van der Waals surface area contributed by atoms with Gasteiger partial charge in [-0.3, -0.25) is 0 Å². The van der Waals surface area contributed by atoms with E-state index in [1.165, 1.54) is 31.4 Å². The summed E-state index contributed by atoms with van der Waals surface area (Å²) in [5, 5.41) is -0.139. The Morgan fingerprint density at radius 1 is 0.962 bits per heavy atom. The summed E-state index contributed by atoms with van der Waals surface area (Å²) < 4.78 is 55.7. The summed E-state index contributed by atoms with van der Waals surface area (Å²) >= 11 is 12.1. The Balaban J connectivity index is 2.31. The van der Waals surface area contributed by atoms with Crippen molar-refractivity contribution in [3.63, 3.8) is 0 Å². The zero-order valence-corrected chi connectivity index (χ0v) is 17.3. The van der Waals surface area contributed by atoms with Gasteiger partial charge in [-0.15, -0.1) is 0 Å². The molecule has 26 heavy (non-hydrogen) atoms. The molecule has 1 N–H and O–H groups in total. The Kier molecular flexibility index (Phi) is 6.24. The Morgan fingerprint density at radius 3 is 2.04 bits per heavy atom. The lowest BCUT2D eigenvalue weighted by molar-refractivity contribution is 0.414. The summed E-state index contributed by atoms with van der Waals surface area (Å²) in [6.45, 7) is 1.63. The molecular formula is C16H17Cl2NO5S2. The highest BCUT2D eigenvalue weighted by atomic mass is 35.5. The van der Waals surface area contributed by atoms with Crippen LogP contribution < -0.4 is 9.46 Å². The molecule has 0 aliphatic carbocycles. The fraction of sp³-hybridized carbons (Fsp3) is 0.250. The molecular weight excluding hydrogens is 421 g/mol. The highest BCUT2D eigenvalue weighted by Crippen LogP contribution is 2.36. The predicted molar refractivity (Wildman–Crippen MR) is 101 cm³/mol. The van der Waals surface area contributed by atoms with E-state index in [0.717, 1.165) is 6.26 Å². The summed E-state index contributed by atoms with van der Waals surface area (Å²) in [5.74, 6) is 0.264. The zero-order chi connectivity index (χ0) is 19.7. The van der Waals surface area contributed by atoms with E-state index in [-0.39, 0.29) is 25.6 Å². The summed E-state index contributed by atoms with van der Waals surface area (Å²) in [6.07, 6.45) is 1.10. The van der Waals surface area contributed by atoms with E-state index in [0.29, 0.717) is 5.56 Å². The van der Waals surface area contributed by atoms with Crippen LogP contribution in [0.1, 0.15) is 18.5 Å². The molecule has 0 saturated carbocycles. The minimum atomic E-state index is -3.96. The number of rotatable bonds is 6. The third-order valence-electron chi connectivity index (χ3n) is 3.66. The van der Waals surface area contributed by atoms with Gasteiger partial charge in [0, 0.05) is 12.3 Å². The van der Waals surface area contributed by atoms with Crippen molar-refractivity contribution in [1.82, 2.24) is 4.72 Å². The first kappa shape index (κ1) is 21.0. The van der Waals surface area contributed by atoms with Crippen molar-refractivity contribution in [2.75, 3.05) is 13.4 Å². The van der Waals surface area contributed by atoms with Gasteiger partial charge in [-0.1, -0.05) is 35.3 Å². The van der Waals surface area contributed by atoms with Gasteiger partial charge in [0.2, 0.25) is 10.0 Å². The van der Waals surface area contributed by atoms with Crippen molar-refractivity contribution in [3.05, 3.63) is 52.0 Å². The van der Waals surface area contributed by atoms with Crippen molar-refractivity contribution in [3.8, 4) is 5.75 Å². The molecule has 0 fully saturated rings. The Hall–Kier alpha value is -1.32. The quantitative estimate of drug-likeness (QED) is 0.746. The molecule has 2 aromatic rings. The smallest absolute Gasteiger partial charge is 0.242 e. The number of hydrogen-bond acceptors (Lipinski definition) is 5. The molecule has 0 aliphatic heterocycles. The molecule has 0 unspecified atom stereocenters. The van der Waals surface area contributed by atoms with Crippen molar-refractivity contribution in [2.24, 2.45) is 0 Å². The highest BCUT2D eigenvalue weighted by Gasteiger charge is 2.24. The number of ether oxygens (including phenoxy) is 1. The number of sulfonamides is 1. The molecule has 10 heteroatoms. The monoisotopic (exact) mass is 437 g/mol. The van der Waals surface area contributed by atoms with Crippen LogP contribution in [0.3, 0.4) is 0 Å². The van der Waals surface area contributed by atoms with Crippen LogP contribution in [0.5, 0.6) is 5.75 Å². The van der Waals surface area contributed by atoms with Crippen molar-refractivity contribution in [1.29, 1.82) is 0 Å². The van der Waals surface area contributed by atoms with Gasteiger partial charge in [0.25, 0.3) is 0 Å². The first-order valence-corrected chi connectivity index (χ1v) is 11.4. The third-order valence-corrected chi connectivity index (χ3v) is 7.35. The van der Waals surface area contributed by atoms with E-state index in [1.807, 2.05) is 0 Å². The minimum Gasteiger partial charge on any atom is -0.495 e. The molecule has 0 aliphatic rings. The van der Waals surface area contributed by atoms with E-state index in [4.69, 9.17) is 27.9 Å². The Labute approximate surface area is 163 Å². The van der Waals surface area contributed by atoms with Gasteiger partial charge in [0.1, 0.15) is 15.7 Å². The van der Waals surface area contributed by atoms with Crippen LogP contribution in [0.25, 0.3) is 0 Å². The first-order chi connectivity index (χ1) is 12.0. The van der Waals surface area contributed by atoms with Crippen molar-refractivity contribution >= 4 is 43.1 Å². The fourth-order valence-corrected chi connectivity index (χ4v) is 4.95. The molecule has 0 heterocycles. The van der Waals surface area contributed by atoms with Crippen LogP contribution in [0.4, 0.5) is 0 Å². The molecule has 0 radical (unpaired) electrons. The van der Waals surface area contributed by atoms with Gasteiger partial charge in [-0.2, -0.15) is 0 Å². The molecule has 6 nitrogen and oxygen atoms in total. The van der Waals surface area contributed by atoms with Crippen LogP contribution >= 0.6 is 23.2 Å². The molecule has 2 aromatic carbocycles. The highest BCUT2D eigenvalue weighted by molar-refractivity contribution is 7.90. The summed E-state index contributed by atoms with van der Waals surface area (Å²) in [6, 6.07) is 8.03. The van der Waals surface area contributed by atoms with Crippen molar-refractivity contribution in [2.45, 2.75) is 22.8 Å². The lowest BCUT2D eigenvalue weighted by atomic mass is 10.1. The molecule has 142 valence electrons. The second-order valence-electron chi connectivity index (χ2n) is 5.58. The maximum absolute atomic E-state index is 12.6. The summed E-state index contributed by atoms with van der Waals surface area (Å²) in [4.78, 5) is -0.0224. The van der Waals surface area contributed by atoms with Gasteiger partial charge in [-0.05, 0) is 36.8 Å². The van der Waals surface area contributed by atoms with E-state index in [1.54, 1.807) is 19.1 Å². The van der Waals surface area contributed by atoms with Crippen LogP contribution in [-0.2, 0) is 19.9 Å². The lowest BCUT2D eigenvalue weighted by Crippen LogP contribution is -2.27. The normalized spacial score (nSPS) is 13.4.